The second kappa shape index (κ2) is 8.81. The lowest BCUT2D eigenvalue weighted by molar-refractivity contribution is -0.122. The van der Waals surface area contributed by atoms with Crippen molar-refractivity contribution in [2.45, 2.75) is 33.4 Å². The highest BCUT2D eigenvalue weighted by Gasteiger charge is 2.15. The highest BCUT2D eigenvalue weighted by molar-refractivity contribution is 5.91. The first-order chi connectivity index (χ1) is 13.2. The quantitative estimate of drug-likeness (QED) is 0.811. The number of ether oxygens (including phenoxy) is 1. The van der Waals surface area contributed by atoms with Crippen molar-refractivity contribution in [3.05, 3.63) is 46.0 Å². The van der Waals surface area contributed by atoms with E-state index in [9.17, 15) is 14.4 Å². The Bertz CT molecular complexity index is 1000. The van der Waals surface area contributed by atoms with Crippen molar-refractivity contribution < 1.29 is 14.3 Å². The van der Waals surface area contributed by atoms with Crippen LogP contribution >= 0.6 is 0 Å². The Morgan fingerprint density at radius 2 is 2.04 bits per heavy atom. The molecule has 1 aromatic heterocycles. The van der Waals surface area contributed by atoms with E-state index in [1.165, 1.54) is 23.8 Å². The number of carbonyl (C=O) groups excluding carboxylic acids is 2. The third-order valence-corrected chi connectivity index (χ3v) is 3.80. The number of hydrogen-bond acceptors (Lipinski definition) is 6. The van der Waals surface area contributed by atoms with Crippen molar-refractivity contribution in [1.29, 1.82) is 5.26 Å². The second-order valence-corrected chi connectivity index (χ2v) is 6.32. The highest BCUT2D eigenvalue weighted by atomic mass is 16.5. The van der Waals surface area contributed by atoms with Crippen molar-refractivity contribution in [2.75, 3.05) is 12.4 Å². The molecule has 146 valence electrons. The molecule has 0 aliphatic heterocycles. The number of aromatic nitrogens is 2. The summed E-state index contributed by atoms with van der Waals surface area (Å²) in [6.07, 6.45) is -0.716. The summed E-state index contributed by atoms with van der Waals surface area (Å²) in [5.41, 5.74) is 0.954. The Kier molecular flexibility index (Phi) is 6.50. The topological polar surface area (TPSA) is 126 Å². The van der Waals surface area contributed by atoms with Gasteiger partial charge in [-0.05, 0) is 39.0 Å². The molecule has 0 fully saturated rings. The third-order valence-electron chi connectivity index (χ3n) is 3.80. The van der Waals surface area contributed by atoms with E-state index in [4.69, 9.17) is 5.26 Å². The molecule has 0 atom stereocenters. The van der Waals surface area contributed by atoms with Gasteiger partial charge in [-0.1, -0.05) is 0 Å². The van der Waals surface area contributed by atoms with Crippen LogP contribution < -0.4 is 16.2 Å². The van der Waals surface area contributed by atoms with E-state index in [1.54, 1.807) is 19.1 Å². The summed E-state index contributed by atoms with van der Waals surface area (Å²) in [6, 6.07) is 7.82. The molecule has 9 nitrogen and oxygen atoms in total. The van der Waals surface area contributed by atoms with Crippen LogP contribution in [0.2, 0.25) is 0 Å². The molecule has 0 saturated heterocycles. The van der Waals surface area contributed by atoms with E-state index in [0.717, 1.165) is 0 Å². The fourth-order valence-corrected chi connectivity index (χ4v) is 2.56. The van der Waals surface area contributed by atoms with Gasteiger partial charge in [0.15, 0.2) is 0 Å². The van der Waals surface area contributed by atoms with E-state index in [1.807, 2.05) is 19.9 Å². The van der Waals surface area contributed by atoms with Crippen molar-refractivity contribution >= 4 is 17.7 Å². The van der Waals surface area contributed by atoms with Crippen LogP contribution in [0.15, 0.2) is 29.1 Å². The van der Waals surface area contributed by atoms with Gasteiger partial charge in [-0.15, -0.1) is 0 Å². The molecule has 1 heterocycles. The van der Waals surface area contributed by atoms with Gasteiger partial charge in [-0.25, -0.2) is 9.78 Å². The molecule has 2 rings (SSSR count). The van der Waals surface area contributed by atoms with Gasteiger partial charge in [-0.3, -0.25) is 19.5 Å². The lowest BCUT2D eigenvalue weighted by atomic mass is 10.1. The van der Waals surface area contributed by atoms with Crippen LogP contribution in [0.5, 0.6) is 0 Å². The van der Waals surface area contributed by atoms with Crippen LogP contribution in [0.4, 0.5) is 10.5 Å². The van der Waals surface area contributed by atoms with Crippen molar-refractivity contribution in [3.8, 4) is 17.3 Å². The van der Waals surface area contributed by atoms with Gasteiger partial charge in [0, 0.05) is 17.7 Å². The van der Waals surface area contributed by atoms with Crippen LogP contribution in [-0.2, 0) is 16.1 Å². The summed E-state index contributed by atoms with van der Waals surface area (Å²) >= 11 is 0. The van der Waals surface area contributed by atoms with Gasteiger partial charge < -0.3 is 10.1 Å². The highest BCUT2D eigenvalue weighted by Crippen LogP contribution is 2.27. The van der Waals surface area contributed by atoms with Crippen LogP contribution in [0.1, 0.15) is 25.2 Å². The number of anilines is 1. The Hall–Kier alpha value is -3.67. The smallest absolute Gasteiger partial charge is 0.411 e. The number of nitrogens with one attached hydrogen (secondary N) is 2. The molecule has 0 aliphatic carbocycles. The molecule has 2 N–H and O–H groups in total. The number of rotatable bonds is 5. The molecule has 1 aromatic carbocycles. The van der Waals surface area contributed by atoms with Gasteiger partial charge in [0.05, 0.1) is 30.1 Å². The number of amides is 2. The van der Waals surface area contributed by atoms with Crippen molar-refractivity contribution in [1.82, 2.24) is 14.9 Å². The SMILES string of the molecule is COC(=O)Nc1cc(C#N)ccc1-c1cc(=O)n(CC(=O)NC(C)C)c(C)n1. The molecule has 28 heavy (non-hydrogen) atoms. The minimum atomic E-state index is -0.716. The normalized spacial score (nSPS) is 10.3. The first kappa shape index (κ1) is 20.6. The van der Waals surface area contributed by atoms with Crippen LogP contribution in [0.25, 0.3) is 11.3 Å². The Balaban J connectivity index is 2.46. The molecule has 0 spiro atoms. The van der Waals surface area contributed by atoms with Crippen LogP contribution in [0.3, 0.4) is 0 Å². The standard InChI is InChI=1S/C19H21N5O4/c1-11(2)21-17(25)10-24-12(3)22-16(8-18(24)26)14-6-5-13(9-20)7-15(14)23-19(27)28-4/h5-8,11H,10H2,1-4H3,(H,21,25)(H,23,27). The predicted octanol–water partition coefficient (Wildman–Crippen LogP) is 1.79. The van der Waals surface area contributed by atoms with Crippen molar-refractivity contribution in [2.24, 2.45) is 0 Å². The maximum absolute atomic E-state index is 12.5. The molecule has 0 radical (unpaired) electrons. The first-order valence-corrected chi connectivity index (χ1v) is 8.52. The van der Waals surface area contributed by atoms with Crippen molar-refractivity contribution in [3.63, 3.8) is 0 Å². The summed E-state index contributed by atoms with van der Waals surface area (Å²) < 4.78 is 5.86. The van der Waals surface area contributed by atoms with E-state index in [2.05, 4.69) is 20.4 Å². The number of methoxy groups -OCH3 is 1. The van der Waals surface area contributed by atoms with E-state index >= 15 is 0 Å². The van der Waals surface area contributed by atoms with Gasteiger partial charge in [0.2, 0.25) is 5.91 Å². The second-order valence-electron chi connectivity index (χ2n) is 6.32. The molecule has 9 heteroatoms. The van der Waals surface area contributed by atoms with Crippen LogP contribution in [0, 0.1) is 18.3 Å². The molecule has 2 amide bonds. The zero-order valence-corrected chi connectivity index (χ0v) is 16.1. The van der Waals surface area contributed by atoms with E-state index in [-0.39, 0.29) is 24.2 Å². The summed E-state index contributed by atoms with van der Waals surface area (Å²) in [5, 5.41) is 14.3. The number of benzene rings is 1. The molecule has 0 bridgehead atoms. The predicted molar refractivity (Wildman–Crippen MR) is 103 cm³/mol. The minimum absolute atomic E-state index is 0.0404. The molecule has 0 saturated carbocycles. The number of aryl methyl sites for hydroxylation is 1. The monoisotopic (exact) mass is 383 g/mol. The number of hydrogen-bond donors (Lipinski definition) is 2. The van der Waals surface area contributed by atoms with Gasteiger partial charge in [-0.2, -0.15) is 5.26 Å². The Labute approximate surface area is 162 Å². The third kappa shape index (κ3) is 4.94. The Morgan fingerprint density at radius 3 is 2.61 bits per heavy atom. The lowest BCUT2D eigenvalue weighted by Crippen LogP contribution is -2.37. The zero-order valence-electron chi connectivity index (χ0n) is 16.1. The van der Waals surface area contributed by atoms with Gasteiger partial charge in [0.1, 0.15) is 12.4 Å². The molecule has 0 aliphatic rings. The van der Waals surface area contributed by atoms with E-state index in [0.29, 0.717) is 22.6 Å². The summed E-state index contributed by atoms with van der Waals surface area (Å²) in [7, 11) is 1.22. The molecule has 0 unspecified atom stereocenters. The average Bonchev–Trinajstić information content (AvgIpc) is 2.63. The van der Waals surface area contributed by atoms with Crippen LogP contribution in [-0.4, -0.2) is 34.7 Å². The largest absolute Gasteiger partial charge is 0.453 e. The summed E-state index contributed by atoms with van der Waals surface area (Å²) in [5.74, 6) is 0.0518. The molecular formula is C19H21N5O4. The van der Waals surface area contributed by atoms with Gasteiger partial charge in [0.25, 0.3) is 5.56 Å². The molecule has 2 aromatic rings. The average molecular weight is 383 g/mol. The lowest BCUT2D eigenvalue weighted by Gasteiger charge is -2.14. The van der Waals surface area contributed by atoms with E-state index < -0.39 is 11.7 Å². The number of nitriles is 1. The van der Waals surface area contributed by atoms with Gasteiger partial charge >= 0.3 is 6.09 Å². The summed E-state index contributed by atoms with van der Waals surface area (Å²) in [6.45, 7) is 5.13. The Morgan fingerprint density at radius 1 is 1.32 bits per heavy atom. The number of carbonyl (C=O) groups is 2. The minimum Gasteiger partial charge on any atom is -0.453 e. The summed E-state index contributed by atoms with van der Waals surface area (Å²) in [4.78, 5) is 40.5. The first-order valence-electron chi connectivity index (χ1n) is 8.52. The fraction of sp³-hybridized carbons (Fsp3) is 0.316. The fourth-order valence-electron chi connectivity index (χ4n) is 2.56. The maximum atomic E-state index is 12.5. The zero-order chi connectivity index (χ0) is 20.8. The maximum Gasteiger partial charge on any atom is 0.411 e. The molecular weight excluding hydrogens is 362 g/mol. The number of nitrogens with zero attached hydrogens (tertiary/aromatic N) is 3.